The van der Waals surface area contributed by atoms with Crippen molar-refractivity contribution in [3.63, 3.8) is 0 Å². The highest BCUT2D eigenvalue weighted by atomic mass is 16.5. The molecule has 0 aromatic carbocycles. The topological polar surface area (TPSA) is 38.7 Å². The third kappa shape index (κ3) is 1.17. The lowest BCUT2D eigenvalue weighted by Gasteiger charge is -2.08. The summed E-state index contributed by atoms with van der Waals surface area (Å²) in [6.07, 6.45) is -0.333. The summed E-state index contributed by atoms with van der Waals surface area (Å²) in [6.45, 7) is 5.16. The summed E-state index contributed by atoms with van der Waals surface area (Å²) in [5, 5.41) is 0. The molecule has 1 heterocycles. The molecule has 3 heteroatoms. The molecule has 2 unspecified atom stereocenters. The zero-order valence-corrected chi connectivity index (χ0v) is 6.42. The second-order valence-electron chi connectivity index (χ2n) is 2.54. The third-order valence-electron chi connectivity index (χ3n) is 1.52. The van der Waals surface area contributed by atoms with E-state index in [2.05, 4.69) is 4.99 Å². The number of aliphatic imine (C=N–C) groups is 1. The SMILES string of the molecule is CC(=O)C1OC(C)=NC1C. The lowest BCUT2D eigenvalue weighted by Crippen LogP contribution is -2.27. The normalized spacial score (nSPS) is 31.3. The van der Waals surface area contributed by atoms with E-state index >= 15 is 0 Å². The van der Waals surface area contributed by atoms with E-state index < -0.39 is 0 Å². The number of carbonyl (C=O) groups excluding carboxylic acids is 1. The van der Waals surface area contributed by atoms with Gasteiger partial charge in [0.1, 0.15) is 0 Å². The van der Waals surface area contributed by atoms with Gasteiger partial charge in [-0.1, -0.05) is 0 Å². The summed E-state index contributed by atoms with van der Waals surface area (Å²) in [5.41, 5.74) is 0. The molecular weight excluding hydrogens is 130 g/mol. The van der Waals surface area contributed by atoms with E-state index in [1.807, 2.05) is 6.92 Å². The first-order chi connectivity index (χ1) is 4.61. The Bertz CT molecular complexity index is 186. The highest BCUT2D eigenvalue weighted by Crippen LogP contribution is 2.13. The molecule has 10 heavy (non-hydrogen) atoms. The Labute approximate surface area is 60.1 Å². The quantitative estimate of drug-likeness (QED) is 0.541. The monoisotopic (exact) mass is 141 g/mol. The van der Waals surface area contributed by atoms with Crippen LogP contribution in [-0.2, 0) is 9.53 Å². The average molecular weight is 141 g/mol. The first-order valence-corrected chi connectivity index (χ1v) is 3.33. The molecule has 1 rings (SSSR count). The van der Waals surface area contributed by atoms with Gasteiger partial charge in [0, 0.05) is 6.92 Å². The maximum atomic E-state index is 10.8. The fraction of sp³-hybridized carbons (Fsp3) is 0.714. The molecule has 0 aliphatic carbocycles. The van der Waals surface area contributed by atoms with E-state index in [4.69, 9.17) is 4.74 Å². The van der Waals surface area contributed by atoms with Crippen molar-refractivity contribution in [2.75, 3.05) is 0 Å². The largest absolute Gasteiger partial charge is 0.468 e. The molecule has 1 aliphatic heterocycles. The van der Waals surface area contributed by atoms with Gasteiger partial charge in [-0.15, -0.1) is 0 Å². The Morgan fingerprint density at radius 3 is 2.50 bits per heavy atom. The summed E-state index contributed by atoms with van der Waals surface area (Å²) < 4.78 is 5.14. The first-order valence-electron chi connectivity index (χ1n) is 3.33. The van der Waals surface area contributed by atoms with Crippen molar-refractivity contribution < 1.29 is 9.53 Å². The van der Waals surface area contributed by atoms with Gasteiger partial charge < -0.3 is 4.74 Å². The second kappa shape index (κ2) is 2.40. The second-order valence-corrected chi connectivity index (χ2v) is 2.54. The van der Waals surface area contributed by atoms with Crippen molar-refractivity contribution in [3.8, 4) is 0 Å². The molecular formula is C7H11NO2. The molecule has 3 nitrogen and oxygen atoms in total. The predicted molar refractivity (Wildman–Crippen MR) is 38.1 cm³/mol. The van der Waals surface area contributed by atoms with Crippen molar-refractivity contribution in [2.24, 2.45) is 4.99 Å². The first kappa shape index (κ1) is 7.25. The summed E-state index contributed by atoms with van der Waals surface area (Å²) in [5.74, 6) is 0.667. The molecule has 0 spiro atoms. The fourth-order valence-electron chi connectivity index (χ4n) is 1.09. The number of Topliss-reactive ketones (excluding diaryl/α,β-unsaturated/α-hetero) is 1. The Morgan fingerprint density at radius 2 is 2.30 bits per heavy atom. The van der Waals surface area contributed by atoms with Crippen LogP contribution in [0.5, 0.6) is 0 Å². The zero-order chi connectivity index (χ0) is 7.72. The molecule has 0 aromatic heterocycles. The average Bonchev–Trinajstić information content (AvgIpc) is 2.10. The van der Waals surface area contributed by atoms with Crippen LogP contribution >= 0.6 is 0 Å². The molecule has 0 N–H and O–H groups in total. The minimum atomic E-state index is -0.333. The van der Waals surface area contributed by atoms with Crippen LogP contribution in [0.4, 0.5) is 0 Å². The summed E-state index contributed by atoms with van der Waals surface area (Å²) in [6, 6.07) is -0.00231. The molecule has 0 aromatic rings. The van der Waals surface area contributed by atoms with Gasteiger partial charge in [0.05, 0.1) is 6.04 Å². The van der Waals surface area contributed by atoms with Gasteiger partial charge in [-0.3, -0.25) is 4.79 Å². The van der Waals surface area contributed by atoms with E-state index in [1.54, 1.807) is 6.92 Å². The van der Waals surface area contributed by atoms with Gasteiger partial charge in [-0.2, -0.15) is 0 Å². The number of hydrogen-bond donors (Lipinski definition) is 0. The molecule has 2 atom stereocenters. The smallest absolute Gasteiger partial charge is 0.181 e. The molecule has 0 fully saturated rings. The van der Waals surface area contributed by atoms with Crippen LogP contribution in [0, 0.1) is 0 Å². The van der Waals surface area contributed by atoms with E-state index in [0.29, 0.717) is 5.90 Å². The van der Waals surface area contributed by atoms with Gasteiger partial charge in [0.25, 0.3) is 0 Å². The van der Waals surface area contributed by atoms with E-state index in [1.165, 1.54) is 6.92 Å². The molecule has 56 valence electrons. The van der Waals surface area contributed by atoms with Crippen molar-refractivity contribution in [3.05, 3.63) is 0 Å². The van der Waals surface area contributed by atoms with Crippen LogP contribution in [0.2, 0.25) is 0 Å². The van der Waals surface area contributed by atoms with Crippen LogP contribution in [0.1, 0.15) is 20.8 Å². The number of carbonyl (C=O) groups is 1. The molecule has 0 bridgehead atoms. The number of ketones is 1. The minimum Gasteiger partial charge on any atom is -0.468 e. The molecule has 0 radical (unpaired) electrons. The van der Waals surface area contributed by atoms with Crippen LogP contribution < -0.4 is 0 Å². The van der Waals surface area contributed by atoms with Gasteiger partial charge in [0.15, 0.2) is 17.8 Å². The lowest BCUT2D eigenvalue weighted by molar-refractivity contribution is -0.123. The molecule has 1 aliphatic rings. The van der Waals surface area contributed by atoms with Crippen molar-refractivity contribution >= 4 is 11.7 Å². The molecule has 0 amide bonds. The minimum absolute atomic E-state index is 0.00231. The summed E-state index contributed by atoms with van der Waals surface area (Å²) >= 11 is 0. The van der Waals surface area contributed by atoms with Gasteiger partial charge in [-0.05, 0) is 13.8 Å². The number of hydrogen-bond acceptors (Lipinski definition) is 3. The molecule has 0 saturated carbocycles. The number of ether oxygens (including phenoxy) is 1. The van der Waals surface area contributed by atoms with Crippen molar-refractivity contribution in [2.45, 2.75) is 32.9 Å². The van der Waals surface area contributed by atoms with Gasteiger partial charge in [-0.25, -0.2) is 4.99 Å². The van der Waals surface area contributed by atoms with E-state index in [9.17, 15) is 4.79 Å². The van der Waals surface area contributed by atoms with Gasteiger partial charge in [0.2, 0.25) is 0 Å². The lowest BCUT2D eigenvalue weighted by atomic mass is 10.1. The Kier molecular flexibility index (Phi) is 1.74. The van der Waals surface area contributed by atoms with Crippen LogP contribution in [-0.4, -0.2) is 23.8 Å². The van der Waals surface area contributed by atoms with E-state index in [-0.39, 0.29) is 17.9 Å². The summed E-state index contributed by atoms with van der Waals surface area (Å²) in [4.78, 5) is 14.9. The number of nitrogens with zero attached hydrogens (tertiary/aromatic N) is 1. The standard InChI is InChI=1S/C7H11NO2/c1-4-7(5(2)9)10-6(3)8-4/h4,7H,1-3H3. The maximum absolute atomic E-state index is 10.8. The summed E-state index contributed by atoms with van der Waals surface area (Å²) in [7, 11) is 0. The van der Waals surface area contributed by atoms with E-state index in [0.717, 1.165) is 0 Å². The highest BCUT2D eigenvalue weighted by molar-refractivity contribution is 5.87. The van der Waals surface area contributed by atoms with Crippen molar-refractivity contribution in [1.82, 2.24) is 0 Å². The zero-order valence-electron chi connectivity index (χ0n) is 6.42. The Hall–Kier alpha value is -0.860. The predicted octanol–water partition coefficient (Wildman–Crippen LogP) is 0.781. The van der Waals surface area contributed by atoms with Gasteiger partial charge >= 0.3 is 0 Å². The maximum Gasteiger partial charge on any atom is 0.181 e. The van der Waals surface area contributed by atoms with Crippen molar-refractivity contribution in [1.29, 1.82) is 0 Å². The van der Waals surface area contributed by atoms with Crippen LogP contribution in [0.3, 0.4) is 0 Å². The fourth-order valence-corrected chi connectivity index (χ4v) is 1.09. The third-order valence-corrected chi connectivity index (χ3v) is 1.52. The number of rotatable bonds is 1. The Balaban J connectivity index is 2.63. The highest BCUT2D eigenvalue weighted by Gasteiger charge is 2.28. The molecule has 0 saturated heterocycles. The van der Waals surface area contributed by atoms with Crippen LogP contribution in [0.15, 0.2) is 4.99 Å². The van der Waals surface area contributed by atoms with Crippen LogP contribution in [0.25, 0.3) is 0 Å². The Morgan fingerprint density at radius 1 is 1.70 bits per heavy atom.